The number of aromatic nitrogens is 2. The number of aliphatic hydroxyl groups excluding tert-OH is 1. The summed E-state index contributed by atoms with van der Waals surface area (Å²) in [5.41, 5.74) is 0.316. The highest BCUT2D eigenvalue weighted by molar-refractivity contribution is 6.00. The summed E-state index contributed by atoms with van der Waals surface area (Å²) in [5.74, 6) is 0.0339. The molecule has 2 aromatic carbocycles. The van der Waals surface area contributed by atoms with Gasteiger partial charge in [-0.05, 0) is 35.9 Å². The van der Waals surface area contributed by atoms with Crippen molar-refractivity contribution < 1.29 is 27.8 Å². The SMILES string of the molecule is COc1ccc(C(=O)N2CC(O)C2)cc1-c1cc(C(F)(F)F)cc2[nH]ncc12. The summed E-state index contributed by atoms with van der Waals surface area (Å²) in [4.78, 5) is 14.0. The van der Waals surface area contributed by atoms with Crippen LogP contribution in [0.4, 0.5) is 13.2 Å². The number of alkyl halides is 3. The van der Waals surface area contributed by atoms with Gasteiger partial charge >= 0.3 is 6.18 Å². The van der Waals surface area contributed by atoms with Crippen molar-refractivity contribution in [3.8, 4) is 16.9 Å². The highest BCUT2D eigenvalue weighted by atomic mass is 19.4. The van der Waals surface area contributed by atoms with Crippen LogP contribution in [0, 0.1) is 0 Å². The van der Waals surface area contributed by atoms with Crippen molar-refractivity contribution in [2.45, 2.75) is 12.3 Å². The Morgan fingerprint density at radius 1 is 1.25 bits per heavy atom. The second kappa shape index (κ2) is 6.52. The Labute approximate surface area is 157 Å². The minimum absolute atomic E-state index is 0.231. The monoisotopic (exact) mass is 391 g/mol. The van der Waals surface area contributed by atoms with E-state index in [0.29, 0.717) is 22.3 Å². The molecule has 28 heavy (non-hydrogen) atoms. The lowest BCUT2D eigenvalue weighted by Gasteiger charge is -2.36. The predicted octanol–water partition coefficient (Wildman–Crippen LogP) is 3.07. The summed E-state index contributed by atoms with van der Waals surface area (Å²) < 4.78 is 45.4. The Kier molecular flexibility index (Phi) is 4.26. The van der Waals surface area contributed by atoms with Gasteiger partial charge < -0.3 is 14.7 Å². The number of methoxy groups -OCH3 is 1. The summed E-state index contributed by atoms with van der Waals surface area (Å²) in [6, 6.07) is 6.63. The summed E-state index contributed by atoms with van der Waals surface area (Å²) in [7, 11) is 1.41. The minimum atomic E-state index is -4.54. The number of carbonyl (C=O) groups is 1. The summed E-state index contributed by atoms with van der Waals surface area (Å²) in [6.45, 7) is 0.464. The quantitative estimate of drug-likeness (QED) is 0.719. The van der Waals surface area contributed by atoms with Crippen LogP contribution < -0.4 is 4.74 Å². The molecule has 3 aromatic rings. The molecule has 0 radical (unpaired) electrons. The number of halogens is 3. The normalized spacial score (nSPS) is 15.0. The second-order valence-electron chi connectivity index (χ2n) is 6.63. The van der Waals surface area contributed by atoms with E-state index in [0.717, 1.165) is 12.1 Å². The molecule has 146 valence electrons. The zero-order valence-electron chi connectivity index (χ0n) is 14.7. The molecule has 0 saturated carbocycles. The van der Waals surface area contributed by atoms with Crippen molar-refractivity contribution in [3.05, 3.63) is 47.7 Å². The highest BCUT2D eigenvalue weighted by Gasteiger charge is 2.33. The molecule has 0 aliphatic carbocycles. The molecule has 1 aromatic heterocycles. The Hall–Kier alpha value is -3.07. The van der Waals surface area contributed by atoms with E-state index < -0.39 is 17.8 Å². The van der Waals surface area contributed by atoms with Gasteiger partial charge in [-0.15, -0.1) is 0 Å². The molecule has 2 heterocycles. The molecule has 4 rings (SSSR count). The van der Waals surface area contributed by atoms with E-state index in [-0.39, 0.29) is 30.1 Å². The molecule has 0 unspecified atom stereocenters. The van der Waals surface area contributed by atoms with Crippen LogP contribution in [0.1, 0.15) is 15.9 Å². The number of aromatic amines is 1. The highest BCUT2D eigenvalue weighted by Crippen LogP contribution is 2.40. The van der Waals surface area contributed by atoms with Crippen LogP contribution >= 0.6 is 0 Å². The molecule has 6 nitrogen and oxygen atoms in total. The first-order chi connectivity index (χ1) is 13.3. The fourth-order valence-corrected chi connectivity index (χ4v) is 3.29. The van der Waals surface area contributed by atoms with Gasteiger partial charge in [0.1, 0.15) is 5.75 Å². The first-order valence-corrected chi connectivity index (χ1v) is 8.48. The standard InChI is InChI=1S/C19H16F3N3O3/c1-28-17-3-2-10(18(27)25-8-12(26)9-25)4-14(17)13-5-11(19(20,21)22)6-16-15(13)7-23-24-16/h2-7,12,26H,8-9H2,1H3,(H,23,24). The van der Waals surface area contributed by atoms with Crippen molar-refractivity contribution in [3.63, 3.8) is 0 Å². The average Bonchev–Trinajstić information content (AvgIpc) is 3.11. The van der Waals surface area contributed by atoms with Gasteiger partial charge in [-0.2, -0.15) is 18.3 Å². The molecular weight excluding hydrogens is 375 g/mol. The Morgan fingerprint density at radius 2 is 2.00 bits per heavy atom. The maximum absolute atomic E-state index is 13.4. The van der Waals surface area contributed by atoms with E-state index >= 15 is 0 Å². The number of hydrogen-bond acceptors (Lipinski definition) is 4. The maximum Gasteiger partial charge on any atom is 0.416 e. The van der Waals surface area contributed by atoms with E-state index in [1.807, 2.05) is 0 Å². The topological polar surface area (TPSA) is 78.5 Å². The summed E-state index contributed by atoms with van der Waals surface area (Å²) in [6.07, 6.45) is -3.65. The van der Waals surface area contributed by atoms with Crippen LogP contribution in [0.3, 0.4) is 0 Å². The molecule has 2 N–H and O–H groups in total. The molecule has 1 aliphatic heterocycles. The second-order valence-corrected chi connectivity index (χ2v) is 6.63. The predicted molar refractivity (Wildman–Crippen MR) is 95.0 cm³/mol. The number of nitrogens with zero attached hydrogens (tertiary/aromatic N) is 2. The van der Waals surface area contributed by atoms with E-state index in [2.05, 4.69) is 10.2 Å². The number of hydrogen-bond donors (Lipinski definition) is 2. The first-order valence-electron chi connectivity index (χ1n) is 8.48. The lowest BCUT2D eigenvalue weighted by molar-refractivity contribution is -0.137. The number of benzene rings is 2. The van der Waals surface area contributed by atoms with Crippen LogP contribution in [0.5, 0.6) is 5.75 Å². The zero-order valence-corrected chi connectivity index (χ0v) is 14.7. The molecule has 1 amide bonds. The average molecular weight is 391 g/mol. The Balaban J connectivity index is 1.87. The third kappa shape index (κ3) is 3.07. The van der Waals surface area contributed by atoms with E-state index in [1.165, 1.54) is 24.3 Å². The van der Waals surface area contributed by atoms with Crippen molar-refractivity contribution in [2.75, 3.05) is 20.2 Å². The molecule has 1 fully saturated rings. The van der Waals surface area contributed by atoms with E-state index in [1.54, 1.807) is 12.1 Å². The number of carbonyl (C=O) groups excluding carboxylic acids is 1. The third-order valence-electron chi connectivity index (χ3n) is 4.77. The van der Waals surface area contributed by atoms with Gasteiger partial charge in [0, 0.05) is 29.6 Å². The molecule has 0 spiro atoms. The lowest BCUT2D eigenvalue weighted by Crippen LogP contribution is -2.53. The number of amides is 1. The number of aliphatic hydroxyl groups is 1. The maximum atomic E-state index is 13.4. The summed E-state index contributed by atoms with van der Waals surface area (Å²) >= 11 is 0. The number of likely N-dealkylation sites (tertiary alicyclic amines) is 1. The summed E-state index contributed by atoms with van der Waals surface area (Å²) in [5, 5.41) is 16.3. The fraction of sp³-hybridized carbons (Fsp3) is 0.263. The van der Waals surface area contributed by atoms with Crippen LogP contribution in [0.15, 0.2) is 36.5 Å². The van der Waals surface area contributed by atoms with Crippen molar-refractivity contribution in [1.29, 1.82) is 0 Å². The van der Waals surface area contributed by atoms with Gasteiger partial charge in [0.15, 0.2) is 0 Å². The zero-order chi connectivity index (χ0) is 20.1. The minimum Gasteiger partial charge on any atom is -0.496 e. The van der Waals surface area contributed by atoms with E-state index in [9.17, 15) is 23.1 Å². The smallest absolute Gasteiger partial charge is 0.416 e. The molecular formula is C19H16F3N3O3. The van der Waals surface area contributed by atoms with Crippen LogP contribution in [0.2, 0.25) is 0 Å². The van der Waals surface area contributed by atoms with Crippen molar-refractivity contribution in [2.24, 2.45) is 0 Å². The van der Waals surface area contributed by atoms with E-state index in [4.69, 9.17) is 4.74 Å². The molecule has 9 heteroatoms. The van der Waals surface area contributed by atoms with Crippen molar-refractivity contribution in [1.82, 2.24) is 15.1 Å². The molecule has 0 bridgehead atoms. The van der Waals surface area contributed by atoms with Gasteiger partial charge in [0.05, 0.1) is 30.5 Å². The number of ether oxygens (including phenoxy) is 1. The molecule has 0 atom stereocenters. The van der Waals surface area contributed by atoms with Gasteiger partial charge in [0.2, 0.25) is 0 Å². The number of nitrogens with one attached hydrogen (secondary N) is 1. The Morgan fingerprint density at radius 3 is 2.64 bits per heavy atom. The van der Waals surface area contributed by atoms with Gasteiger partial charge in [-0.25, -0.2) is 0 Å². The Bertz CT molecular complexity index is 1060. The van der Waals surface area contributed by atoms with Gasteiger partial charge in [-0.1, -0.05) is 0 Å². The van der Waals surface area contributed by atoms with Gasteiger partial charge in [0.25, 0.3) is 5.91 Å². The van der Waals surface area contributed by atoms with Crippen LogP contribution in [0.25, 0.3) is 22.0 Å². The first kappa shape index (κ1) is 18.3. The number of fused-ring (bicyclic) bond motifs is 1. The van der Waals surface area contributed by atoms with Gasteiger partial charge in [-0.3, -0.25) is 9.89 Å². The van der Waals surface area contributed by atoms with Crippen LogP contribution in [-0.2, 0) is 6.18 Å². The number of β-amino-alcohol motifs (C(OH)–C–C–N with tert-alkyl or cyclic N) is 1. The lowest BCUT2D eigenvalue weighted by atomic mass is 9.96. The third-order valence-corrected chi connectivity index (χ3v) is 4.77. The molecule has 1 aliphatic rings. The number of rotatable bonds is 3. The number of H-pyrrole nitrogens is 1. The van der Waals surface area contributed by atoms with Crippen molar-refractivity contribution >= 4 is 16.8 Å². The largest absolute Gasteiger partial charge is 0.496 e. The molecule has 1 saturated heterocycles. The fourth-order valence-electron chi connectivity index (χ4n) is 3.29. The van der Waals surface area contributed by atoms with Crippen LogP contribution in [-0.4, -0.2) is 52.4 Å².